The Balaban J connectivity index is 1.81. The average Bonchev–Trinajstić information content (AvgIpc) is 3.12. The molecular formula is C20H18N4OS. The van der Waals surface area contributed by atoms with Gasteiger partial charge in [0.1, 0.15) is 17.2 Å². The number of nitrogens with one attached hydrogen (secondary N) is 1. The van der Waals surface area contributed by atoms with Crippen molar-refractivity contribution in [3.8, 4) is 12.1 Å². The third kappa shape index (κ3) is 3.71. The van der Waals surface area contributed by atoms with E-state index in [0.29, 0.717) is 28.3 Å². The van der Waals surface area contributed by atoms with Crippen molar-refractivity contribution in [2.75, 3.05) is 5.32 Å². The van der Waals surface area contributed by atoms with Crippen LogP contribution in [-0.4, -0.2) is 16.1 Å². The Morgan fingerprint density at radius 1 is 1.27 bits per heavy atom. The Hall–Kier alpha value is -2.83. The fourth-order valence-corrected chi connectivity index (χ4v) is 3.98. The SMILES string of the molecule is CC[C@@H](Sc1nc2c(cc1C#N)CCC2)C(=O)Nc1ccccc1C#N. The fraction of sp³-hybridized carbons (Fsp3) is 0.300. The van der Waals surface area contributed by atoms with Crippen molar-refractivity contribution in [1.29, 1.82) is 10.5 Å². The summed E-state index contributed by atoms with van der Waals surface area (Å²) >= 11 is 1.32. The van der Waals surface area contributed by atoms with Gasteiger partial charge in [0.15, 0.2) is 0 Å². The van der Waals surface area contributed by atoms with Crippen molar-refractivity contribution < 1.29 is 4.79 Å². The number of hydrogen-bond donors (Lipinski definition) is 1. The Morgan fingerprint density at radius 2 is 2.04 bits per heavy atom. The van der Waals surface area contributed by atoms with Crippen LogP contribution in [0.2, 0.25) is 0 Å². The molecule has 1 aliphatic rings. The highest BCUT2D eigenvalue weighted by atomic mass is 32.2. The first kappa shape index (κ1) is 18.0. The number of hydrogen-bond acceptors (Lipinski definition) is 5. The van der Waals surface area contributed by atoms with Crippen molar-refractivity contribution >= 4 is 23.4 Å². The molecule has 0 radical (unpaired) electrons. The zero-order valence-electron chi connectivity index (χ0n) is 14.5. The highest BCUT2D eigenvalue weighted by molar-refractivity contribution is 8.00. The molecule has 26 heavy (non-hydrogen) atoms. The summed E-state index contributed by atoms with van der Waals surface area (Å²) in [6, 6.07) is 13.1. The maximum Gasteiger partial charge on any atom is 0.237 e. The maximum absolute atomic E-state index is 12.7. The van der Waals surface area contributed by atoms with Crippen molar-refractivity contribution in [2.24, 2.45) is 0 Å². The van der Waals surface area contributed by atoms with Gasteiger partial charge in [-0.1, -0.05) is 30.8 Å². The number of pyridine rings is 1. The summed E-state index contributed by atoms with van der Waals surface area (Å²) in [4.78, 5) is 17.3. The van der Waals surface area contributed by atoms with E-state index in [1.54, 1.807) is 24.3 Å². The monoisotopic (exact) mass is 362 g/mol. The van der Waals surface area contributed by atoms with Gasteiger partial charge in [-0.2, -0.15) is 10.5 Å². The van der Waals surface area contributed by atoms with Crippen molar-refractivity contribution in [3.63, 3.8) is 0 Å². The predicted octanol–water partition coefficient (Wildman–Crippen LogP) is 3.82. The number of thioether (sulfide) groups is 1. The van der Waals surface area contributed by atoms with E-state index in [1.807, 2.05) is 13.0 Å². The molecule has 1 N–H and O–H groups in total. The molecule has 1 amide bonds. The van der Waals surface area contributed by atoms with Crippen LogP contribution in [0.5, 0.6) is 0 Å². The van der Waals surface area contributed by atoms with Crippen LogP contribution in [-0.2, 0) is 17.6 Å². The Labute approximate surface area is 157 Å². The first-order valence-corrected chi connectivity index (χ1v) is 9.43. The van der Waals surface area contributed by atoms with Gasteiger partial charge in [0.25, 0.3) is 0 Å². The van der Waals surface area contributed by atoms with Crippen LogP contribution >= 0.6 is 11.8 Å². The summed E-state index contributed by atoms with van der Waals surface area (Å²) in [5, 5.41) is 21.7. The second kappa shape index (κ2) is 8.03. The second-order valence-corrected chi connectivity index (χ2v) is 7.27. The van der Waals surface area contributed by atoms with E-state index in [-0.39, 0.29) is 11.2 Å². The highest BCUT2D eigenvalue weighted by Crippen LogP contribution is 2.32. The van der Waals surface area contributed by atoms with Crippen LogP contribution < -0.4 is 5.32 Å². The zero-order valence-corrected chi connectivity index (χ0v) is 15.3. The number of nitriles is 2. The minimum Gasteiger partial charge on any atom is -0.324 e. The Bertz CT molecular complexity index is 926. The fourth-order valence-electron chi connectivity index (χ4n) is 2.98. The molecule has 3 rings (SSSR count). The number of nitrogens with zero attached hydrogens (tertiary/aromatic N) is 3. The maximum atomic E-state index is 12.7. The lowest BCUT2D eigenvalue weighted by Gasteiger charge is -2.16. The Kier molecular flexibility index (Phi) is 5.55. The quantitative estimate of drug-likeness (QED) is 0.817. The van der Waals surface area contributed by atoms with Crippen LogP contribution in [0.15, 0.2) is 35.4 Å². The molecule has 0 spiro atoms. The predicted molar refractivity (Wildman–Crippen MR) is 101 cm³/mol. The summed E-state index contributed by atoms with van der Waals surface area (Å²) in [5.41, 5.74) is 3.64. The van der Waals surface area contributed by atoms with E-state index < -0.39 is 0 Å². The normalized spacial score (nSPS) is 13.3. The highest BCUT2D eigenvalue weighted by Gasteiger charge is 2.23. The number of aryl methyl sites for hydroxylation is 2. The average molecular weight is 362 g/mol. The van der Waals surface area contributed by atoms with Gasteiger partial charge in [0, 0.05) is 5.69 Å². The van der Waals surface area contributed by atoms with Gasteiger partial charge in [-0.25, -0.2) is 4.98 Å². The van der Waals surface area contributed by atoms with Gasteiger partial charge < -0.3 is 5.32 Å². The minimum atomic E-state index is -0.388. The van der Waals surface area contributed by atoms with Gasteiger partial charge in [-0.3, -0.25) is 4.79 Å². The zero-order chi connectivity index (χ0) is 18.5. The molecular weight excluding hydrogens is 344 g/mol. The van der Waals surface area contributed by atoms with Gasteiger partial charge in [0.2, 0.25) is 5.91 Å². The molecule has 0 saturated heterocycles. The molecule has 0 bridgehead atoms. The molecule has 0 fully saturated rings. The first-order chi connectivity index (χ1) is 12.7. The van der Waals surface area contributed by atoms with Gasteiger partial charge >= 0.3 is 0 Å². The van der Waals surface area contributed by atoms with Crippen LogP contribution in [0, 0.1) is 22.7 Å². The van der Waals surface area contributed by atoms with Crippen LogP contribution in [0.25, 0.3) is 0 Å². The number of carbonyl (C=O) groups is 1. The number of rotatable bonds is 5. The van der Waals surface area contributed by atoms with E-state index in [4.69, 9.17) is 5.26 Å². The minimum absolute atomic E-state index is 0.189. The smallest absolute Gasteiger partial charge is 0.237 e. The molecule has 130 valence electrons. The number of fused-ring (bicyclic) bond motifs is 1. The molecule has 1 heterocycles. The number of aromatic nitrogens is 1. The molecule has 1 atom stereocenters. The summed E-state index contributed by atoms with van der Waals surface area (Å²) in [6.07, 6.45) is 3.54. The molecule has 1 aromatic carbocycles. The summed E-state index contributed by atoms with van der Waals surface area (Å²) in [7, 11) is 0. The third-order valence-corrected chi connectivity index (χ3v) is 5.73. The molecule has 6 heteroatoms. The van der Waals surface area contributed by atoms with E-state index >= 15 is 0 Å². The number of benzene rings is 1. The van der Waals surface area contributed by atoms with Crippen LogP contribution in [0.4, 0.5) is 5.69 Å². The summed E-state index contributed by atoms with van der Waals surface area (Å²) < 4.78 is 0. The lowest BCUT2D eigenvalue weighted by atomic mass is 10.2. The number of anilines is 1. The molecule has 2 aromatic rings. The summed E-state index contributed by atoms with van der Waals surface area (Å²) in [5.74, 6) is -0.189. The molecule has 0 saturated carbocycles. The lowest BCUT2D eigenvalue weighted by Crippen LogP contribution is -2.25. The summed E-state index contributed by atoms with van der Waals surface area (Å²) in [6.45, 7) is 1.92. The largest absolute Gasteiger partial charge is 0.324 e. The molecule has 5 nitrogen and oxygen atoms in total. The van der Waals surface area contributed by atoms with E-state index in [1.165, 1.54) is 11.8 Å². The van der Waals surface area contributed by atoms with Gasteiger partial charge in [-0.05, 0) is 49.4 Å². The van der Waals surface area contributed by atoms with Gasteiger partial charge in [0.05, 0.1) is 22.1 Å². The van der Waals surface area contributed by atoms with Crippen LogP contribution in [0.3, 0.4) is 0 Å². The third-order valence-electron chi connectivity index (χ3n) is 4.36. The van der Waals surface area contributed by atoms with E-state index in [0.717, 1.165) is 30.5 Å². The first-order valence-electron chi connectivity index (χ1n) is 8.55. The van der Waals surface area contributed by atoms with Crippen molar-refractivity contribution in [1.82, 2.24) is 4.98 Å². The second-order valence-electron chi connectivity index (χ2n) is 6.07. The Morgan fingerprint density at radius 3 is 2.77 bits per heavy atom. The molecule has 1 aromatic heterocycles. The van der Waals surface area contributed by atoms with Gasteiger partial charge in [-0.15, -0.1) is 0 Å². The standard InChI is InChI=1S/C20H18N4OS/c1-2-18(19(25)23-17-8-4-3-6-14(17)11-21)26-20-15(12-22)10-13-7-5-9-16(13)24-20/h3-4,6,8,10,18H,2,5,7,9H2,1H3,(H,23,25)/t18-/m1/s1. The molecule has 0 unspecified atom stereocenters. The number of amides is 1. The van der Waals surface area contributed by atoms with Crippen LogP contribution in [0.1, 0.15) is 42.1 Å². The van der Waals surface area contributed by atoms with E-state index in [2.05, 4.69) is 22.4 Å². The number of para-hydroxylation sites is 1. The van der Waals surface area contributed by atoms with E-state index in [9.17, 15) is 10.1 Å². The number of carbonyl (C=O) groups excluding carboxylic acids is 1. The molecule has 0 aliphatic heterocycles. The lowest BCUT2D eigenvalue weighted by molar-refractivity contribution is -0.115. The van der Waals surface area contributed by atoms with Crippen molar-refractivity contribution in [2.45, 2.75) is 42.9 Å². The topological polar surface area (TPSA) is 89.6 Å². The molecule has 1 aliphatic carbocycles. The van der Waals surface area contributed by atoms with Crippen molar-refractivity contribution in [3.05, 3.63) is 52.7 Å².